The fourth-order valence-electron chi connectivity index (χ4n) is 2.42. The Labute approximate surface area is 149 Å². The molecular weight excluding hydrogens is 332 g/mol. The zero-order valence-corrected chi connectivity index (χ0v) is 14.8. The summed E-state index contributed by atoms with van der Waals surface area (Å²) < 4.78 is 1.08. The van der Waals surface area contributed by atoms with E-state index in [2.05, 4.69) is 32.6 Å². The van der Waals surface area contributed by atoms with E-state index in [-0.39, 0.29) is 5.95 Å². The van der Waals surface area contributed by atoms with Crippen molar-refractivity contribution >= 4 is 38.9 Å². The molecule has 0 saturated heterocycles. The monoisotopic (exact) mass is 350 g/mol. The minimum atomic E-state index is 0.246. The summed E-state index contributed by atoms with van der Waals surface area (Å²) in [5.41, 5.74) is 15.8. The maximum absolute atomic E-state index is 5.63. The highest BCUT2D eigenvalue weighted by Gasteiger charge is 2.12. The SMILES string of the molecule is C=C/C(=C\N=C(C)N)c1cc(-c2cnc(N)nc2)c2sc(C)nc2c1. The highest BCUT2D eigenvalue weighted by molar-refractivity contribution is 7.19. The number of nitrogens with zero attached hydrogens (tertiary/aromatic N) is 4. The van der Waals surface area contributed by atoms with Gasteiger partial charge in [-0.15, -0.1) is 11.3 Å². The zero-order valence-electron chi connectivity index (χ0n) is 14.0. The Balaban J connectivity index is 2.25. The number of nitrogen functional groups attached to an aromatic ring is 1. The molecule has 0 bridgehead atoms. The van der Waals surface area contributed by atoms with Crippen molar-refractivity contribution in [2.45, 2.75) is 13.8 Å². The minimum absolute atomic E-state index is 0.246. The summed E-state index contributed by atoms with van der Waals surface area (Å²) in [6, 6.07) is 4.08. The van der Waals surface area contributed by atoms with E-state index >= 15 is 0 Å². The number of allylic oxidation sites excluding steroid dienone is 2. The first-order valence-corrected chi connectivity index (χ1v) is 8.41. The standard InChI is InChI=1S/C18H18N6S/c1-4-12(7-21-10(2)19)13-5-15(14-8-22-18(20)23-9-14)17-16(6-13)24-11(3)25-17/h4-9H,1H2,2-3H3,(H2,19,21)(H2,20,22,23)/b12-7+. The molecule has 1 aromatic carbocycles. The van der Waals surface area contributed by atoms with Gasteiger partial charge in [0.05, 0.1) is 21.1 Å². The zero-order chi connectivity index (χ0) is 18.0. The Morgan fingerprint density at radius 3 is 2.64 bits per heavy atom. The van der Waals surface area contributed by atoms with Gasteiger partial charge in [-0.25, -0.2) is 19.9 Å². The quantitative estimate of drug-likeness (QED) is 0.425. The van der Waals surface area contributed by atoms with Gasteiger partial charge < -0.3 is 11.5 Å². The van der Waals surface area contributed by atoms with Gasteiger partial charge in [0.2, 0.25) is 5.95 Å². The van der Waals surface area contributed by atoms with Crippen LogP contribution in [0.15, 0.2) is 48.4 Å². The number of amidine groups is 1. The summed E-state index contributed by atoms with van der Waals surface area (Å²) in [6.45, 7) is 7.60. The van der Waals surface area contributed by atoms with Gasteiger partial charge in [-0.3, -0.25) is 0 Å². The van der Waals surface area contributed by atoms with Crippen molar-refractivity contribution in [3.63, 3.8) is 0 Å². The second-order valence-corrected chi connectivity index (χ2v) is 6.70. The topological polar surface area (TPSA) is 103 Å². The molecule has 4 N–H and O–H groups in total. The van der Waals surface area contributed by atoms with Crippen LogP contribution in [0.1, 0.15) is 17.5 Å². The highest BCUT2D eigenvalue weighted by atomic mass is 32.1. The molecule has 3 rings (SSSR count). The van der Waals surface area contributed by atoms with Crippen molar-refractivity contribution in [2.75, 3.05) is 5.73 Å². The Kier molecular flexibility index (Phi) is 4.58. The third-order valence-electron chi connectivity index (χ3n) is 3.54. The number of hydrogen-bond acceptors (Lipinski definition) is 6. The third-order valence-corrected chi connectivity index (χ3v) is 4.56. The summed E-state index contributed by atoms with van der Waals surface area (Å²) in [5.74, 6) is 0.730. The fraction of sp³-hybridized carbons (Fsp3) is 0.111. The lowest BCUT2D eigenvalue weighted by Gasteiger charge is -2.08. The number of anilines is 1. The van der Waals surface area contributed by atoms with Crippen LogP contribution in [-0.4, -0.2) is 20.8 Å². The van der Waals surface area contributed by atoms with Gasteiger partial charge in [0.25, 0.3) is 0 Å². The summed E-state index contributed by atoms with van der Waals surface area (Å²) in [4.78, 5) is 17.0. The smallest absolute Gasteiger partial charge is 0.219 e. The van der Waals surface area contributed by atoms with Crippen molar-refractivity contribution in [3.05, 3.63) is 54.0 Å². The van der Waals surface area contributed by atoms with Crippen LogP contribution in [0.5, 0.6) is 0 Å². The van der Waals surface area contributed by atoms with Gasteiger partial charge in [-0.2, -0.15) is 0 Å². The van der Waals surface area contributed by atoms with E-state index in [1.54, 1.807) is 42.9 Å². The maximum atomic E-state index is 5.63. The van der Waals surface area contributed by atoms with Crippen LogP contribution in [0, 0.1) is 6.92 Å². The second kappa shape index (κ2) is 6.82. The van der Waals surface area contributed by atoms with Crippen molar-refractivity contribution in [3.8, 4) is 11.1 Å². The average Bonchev–Trinajstić information content (AvgIpc) is 2.95. The first-order valence-electron chi connectivity index (χ1n) is 7.60. The van der Waals surface area contributed by atoms with E-state index in [1.807, 2.05) is 13.0 Å². The molecule has 0 saturated carbocycles. The van der Waals surface area contributed by atoms with E-state index in [0.29, 0.717) is 5.84 Å². The Morgan fingerprint density at radius 2 is 2.00 bits per heavy atom. The van der Waals surface area contributed by atoms with Gasteiger partial charge in [-0.05, 0) is 37.1 Å². The predicted molar refractivity (Wildman–Crippen MR) is 105 cm³/mol. The minimum Gasteiger partial charge on any atom is -0.387 e. The molecule has 6 nitrogen and oxygen atoms in total. The molecule has 2 aromatic heterocycles. The van der Waals surface area contributed by atoms with Gasteiger partial charge in [0.15, 0.2) is 0 Å². The van der Waals surface area contributed by atoms with Crippen LogP contribution in [0.25, 0.3) is 26.9 Å². The number of thiazole rings is 1. The predicted octanol–water partition coefficient (Wildman–Crippen LogP) is 3.55. The molecule has 3 aromatic rings. The molecule has 7 heteroatoms. The molecule has 0 amide bonds. The number of nitrogens with two attached hydrogens (primary N) is 2. The molecule has 0 radical (unpaired) electrons. The number of fused-ring (bicyclic) bond motifs is 1. The lowest BCUT2D eigenvalue weighted by molar-refractivity contribution is 1.19. The molecule has 0 aliphatic heterocycles. The number of hydrogen-bond donors (Lipinski definition) is 2. The van der Waals surface area contributed by atoms with Gasteiger partial charge >= 0.3 is 0 Å². The molecule has 0 atom stereocenters. The maximum Gasteiger partial charge on any atom is 0.219 e. The normalized spacial score (nSPS) is 12.6. The summed E-state index contributed by atoms with van der Waals surface area (Å²) in [6.07, 6.45) is 6.88. The molecule has 0 aliphatic rings. The molecular formula is C18H18N6S. The molecule has 0 unspecified atom stereocenters. The average molecular weight is 350 g/mol. The van der Waals surface area contributed by atoms with Crippen molar-refractivity contribution in [1.29, 1.82) is 0 Å². The number of benzene rings is 1. The molecule has 25 heavy (non-hydrogen) atoms. The number of rotatable bonds is 4. The van der Waals surface area contributed by atoms with E-state index < -0.39 is 0 Å². The third kappa shape index (κ3) is 3.56. The highest BCUT2D eigenvalue weighted by Crippen LogP contribution is 2.35. The first-order chi connectivity index (χ1) is 12.0. The second-order valence-electron chi connectivity index (χ2n) is 5.49. The molecule has 2 heterocycles. The molecule has 126 valence electrons. The number of aryl methyl sites for hydroxylation is 1. The Morgan fingerprint density at radius 1 is 1.28 bits per heavy atom. The van der Waals surface area contributed by atoms with Crippen LogP contribution >= 0.6 is 11.3 Å². The van der Waals surface area contributed by atoms with Crippen LogP contribution < -0.4 is 11.5 Å². The van der Waals surface area contributed by atoms with Gasteiger partial charge in [0, 0.05) is 29.7 Å². The summed E-state index contributed by atoms with van der Waals surface area (Å²) in [5, 5.41) is 0.990. The Bertz CT molecular complexity index is 994. The van der Waals surface area contributed by atoms with Gasteiger partial charge in [-0.1, -0.05) is 12.7 Å². The van der Waals surface area contributed by atoms with Crippen LogP contribution in [0.2, 0.25) is 0 Å². The molecule has 0 fully saturated rings. The van der Waals surface area contributed by atoms with Gasteiger partial charge in [0.1, 0.15) is 0 Å². The van der Waals surface area contributed by atoms with Crippen molar-refractivity contribution in [2.24, 2.45) is 10.7 Å². The lowest BCUT2D eigenvalue weighted by atomic mass is 10.00. The number of aromatic nitrogens is 3. The van der Waals surface area contributed by atoms with E-state index in [9.17, 15) is 0 Å². The number of aliphatic imine (C=N–C) groups is 1. The molecule has 0 spiro atoms. The lowest BCUT2D eigenvalue weighted by Crippen LogP contribution is -2.03. The van der Waals surface area contributed by atoms with E-state index in [4.69, 9.17) is 11.5 Å². The largest absolute Gasteiger partial charge is 0.387 e. The Hall–Kier alpha value is -3.06. The van der Waals surface area contributed by atoms with Crippen LogP contribution in [0.3, 0.4) is 0 Å². The molecule has 0 aliphatic carbocycles. The van der Waals surface area contributed by atoms with E-state index in [1.165, 1.54) is 0 Å². The van der Waals surface area contributed by atoms with Crippen LogP contribution in [0.4, 0.5) is 5.95 Å². The summed E-state index contributed by atoms with van der Waals surface area (Å²) in [7, 11) is 0. The van der Waals surface area contributed by atoms with Crippen LogP contribution in [-0.2, 0) is 0 Å². The van der Waals surface area contributed by atoms with E-state index in [0.717, 1.165) is 37.5 Å². The first kappa shape index (κ1) is 16.8. The summed E-state index contributed by atoms with van der Waals surface area (Å²) >= 11 is 1.63. The van der Waals surface area contributed by atoms with Crippen molar-refractivity contribution < 1.29 is 0 Å². The van der Waals surface area contributed by atoms with Crippen molar-refractivity contribution in [1.82, 2.24) is 15.0 Å². The fourth-order valence-corrected chi connectivity index (χ4v) is 3.35.